The van der Waals surface area contributed by atoms with Crippen LogP contribution in [-0.4, -0.2) is 17.2 Å². The van der Waals surface area contributed by atoms with Crippen molar-refractivity contribution in [3.05, 3.63) is 53.6 Å². The molecule has 1 atom stereocenters. The first kappa shape index (κ1) is 15.2. The Morgan fingerprint density at radius 1 is 1.13 bits per heavy atom. The second-order valence-electron chi connectivity index (χ2n) is 4.92. The molecule has 0 amide bonds. The van der Waals surface area contributed by atoms with Crippen molar-refractivity contribution < 1.29 is 23.8 Å². The van der Waals surface area contributed by atoms with Crippen molar-refractivity contribution in [1.82, 2.24) is 0 Å². The second kappa shape index (κ2) is 6.22. The van der Waals surface area contributed by atoms with E-state index in [9.17, 15) is 4.79 Å². The van der Waals surface area contributed by atoms with E-state index in [0.29, 0.717) is 28.1 Å². The molecule has 1 heterocycles. The Hall–Kier alpha value is -2.66. The molecule has 0 bridgehead atoms. The van der Waals surface area contributed by atoms with Crippen molar-refractivity contribution in [3.63, 3.8) is 0 Å². The molecule has 5 nitrogen and oxygen atoms in total. The van der Waals surface area contributed by atoms with Gasteiger partial charge in [-0.25, -0.2) is 4.79 Å². The molecule has 0 aliphatic rings. The Morgan fingerprint density at radius 3 is 2.52 bits per heavy atom. The van der Waals surface area contributed by atoms with Crippen molar-refractivity contribution in [2.75, 3.05) is 0 Å². The first-order valence-electron chi connectivity index (χ1n) is 6.88. The minimum Gasteiger partial charge on any atom is -0.479 e. The predicted molar refractivity (Wildman–Crippen MR) is 85.5 cm³/mol. The molecule has 0 aliphatic carbocycles. The molecule has 0 saturated carbocycles. The predicted octanol–water partition coefficient (Wildman–Crippen LogP) is 4.73. The number of hydrogen-bond donors (Lipinski definition) is 1. The summed E-state index contributed by atoms with van der Waals surface area (Å²) in [5, 5.41) is 10.3. The molecule has 0 aliphatic heterocycles. The van der Waals surface area contributed by atoms with E-state index in [0.717, 1.165) is 5.39 Å². The molecule has 0 fully saturated rings. The van der Waals surface area contributed by atoms with Gasteiger partial charge < -0.3 is 19.0 Å². The van der Waals surface area contributed by atoms with Crippen LogP contribution in [0, 0.1) is 0 Å². The largest absolute Gasteiger partial charge is 0.479 e. The van der Waals surface area contributed by atoms with E-state index in [4.69, 9.17) is 30.6 Å². The highest BCUT2D eigenvalue weighted by molar-refractivity contribution is 6.31. The Balaban J connectivity index is 1.73. The van der Waals surface area contributed by atoms with Crippen molar-refractivity contribution in [2.24, 2.45) is 0 Å². The molecule has 2 aromatic carbocycles. The highest BCUT2D eigenvalue weighted by atomic mass is 35.5. The van der Waals surface area contributed by atoms with Gasteiger partial charge in [-0.2, -0.15) is 0 Å². The standard InChI is InChI=1S/C17H13ClO5/c1-10(17(19)20)21-13-4-6-14(7-5-13)22-16-8-11-2-3-12(18)9-15(11)23-16/h2-10H,1H3,(H,19,20). The summed E-state index contributed by atoms with van der Waals surface area (Å²) in [6.45, 7) is 1.46. The fourth-order valence-corrected chi connectivity index (χ4v) is 2.15. The van der Waals surface area contributed by atoms with Crippen molar-refractivity contribution in [2.45, 2.75) is 13.0 Å². The summed E-state index contributed by atoms with van der Waals surface area (Å²) in [5.74, 6) is 0.315. The molecule has 3 rings (SSSR count). The summed E-state index contributed by atoms with van der Waals surface area (Å²) in [7, 11) is 0. The number of carboxylic acids is 1. The molecule has 0 radical (unpaired) electrons. The zero-order valence-electron chi connectivity index (χ0n) is 12.2. The number of aliphatic carboxylic acids is 1. The maximum absolute atomic E-state index is 10.7. The van der Waals surface area contributed by atoms with Gasteiger partial charge in [-0.3, -0.25) is 0 Å². The minimum absolute atomic E-state index is 0.342. The molecule has 1 unspecified atom stereocenters. The summed E-state index contributed by atoms with van der Waals surface area (Å²) in [6.07, 6.45) is -0.915. The maximum Gasteiger partial charge on any atom is 0.344 e. The summed E-state index contributed by atoms with van der Waals surface area (Å²) in [6, 6.07) is 13.7. The molecule has 1 aromatic heterocycles. The number of furan rings is 1. The molecule has 118 valence electrons. The van der Waals surface area contributed by atoms with E-state index in [-0.39, 0.29) is 0 Å². The number of benzene rings is 2. The van der Waals surface area contributed by atoms with Crippen molar-refractivity contribution in [1.29, 1.82) is 0 Å². The smallest absolute Gasteiger partial charge is 0.344 e. The summed E-state index contributed by atoms with van der Waals surface area (Å²) < 4.78 is 16.4. The normalized spacial score (nSPS) is 12.1. The fraction of sp³-hybridized carbons (Fsp3) is 0.118. The average molecular weight is 333 g/mol. The SMILES string of the molecule is CC(Oc1ccc(Oc2cc3ccc(Cl)cc3o2)cc1)C(=O)O. The van der Waals surface area contributed by atoms with Crippen LogP contribution in [0.15, 0.2) is 52.9 Å². The Bertz CT molecular complexity index is 838. The monoisotopic (exact) mass is 332 g/mol. The van der Waals surface area contributed by atoms with Crippen LogP contribution < -0.4 is 9.47 Å². The molecule has 0 saturated heterocycles. The third-order valence-corrected chi connectivity index (χ3v) is 3.40. The molecular formula is C17H13ClO5. The van der Waals surface area contributed by atoms with Crippen LogP contribution in [0.5, 0.6) is 17.4 Å². The number of ether oxygens (including phenoxy) is 2. The number of carboxylic acid groups (broad SMARTS) is 1. The Morgan fingerprint density at radius 2 is 1.83 bits per heavy atom. The van der Waals surface area contributed by atoms with E-state index in [2.05, 4.69) is 0 Å². The van der Waals surface area contributed by atoms with Crippen molar-refractivity contribution >= 4 is 28.5 Å². The quantitative estimate of drug-likeness (QED) is 0.731. The van der Waals surface area contributed by atoms with Crippen LogP contribution in [0.4, 0.5) is 0 Å². The van der Waals surface area contributed by atoms with Gasteiger partial charge in [-0.05, 0) is 43.3 Å². The van der Waals surface area contributed by atoms with E-state index < -0.39 is 12.1 Å². The number of hydrogen-bond acceptors (Lipinski definition) is 4. The van der Waals surface area contributed by atoms with Crippen LogP contribution in [0.25, 0.3) is 11.0 Å². The Kier molecular flexibility index (Phi) is 4.12. The minimum atomic E-state index is -1.02. The van der Waals surface area contributed by atoms with Gasteiger partial charge in [-0.15, -0.1) is 0 Å². The zero-order valence-corrected chi connectivity index (χ0v) is 12.9. The summed E-state index contributed by atoms with van der Waals surface area (Å²) in [5.41, 5.74) is 0.641. The van der Waals surface area contributed by atoms with Gasteiger partial charge in [0.05, 0.1) is 0 Å². The second-order valence-corrected chi connectivity index (χ2v) is 5.36. The van der Waals surface area contributed by atoms with Gasteiger partial charge in [0.2, 0.25) is 0 Å². The molecule has 6 heteroatoms. The van der Waals surface area contributed by atoms with Gasteiger partial charge in [0, 0.05) is 22.5 Å². The Labute approximate surface area is 137 Å². The summed E-state index contributed by atoms with van der Waals surface area (Å²) in [4.78, 5) is 10.7. The lowest BCUT2D eigenvalue weighted by Crippen LogP contribution is -2.22. The van der Waals surface area contributed by atoms with Crippen LogP contribution in [0.2, 0.25) is 5.02 Å². The van der Waals surface area contributed by atoms with Crippen LogP contribution in [-0.2, 0) is 4.79 Å². The van der Waals surface area contributed by atoms with E-state index >= 15 is 0 Å². The highest BCUT2D eigenvalue weighted by Gasteiger charge is 2.12. The molecule has 23 heavy (non-hydrogen) atoms. The highest BCUT2D eigenvalue weighted by Crippen LogP contribution is 2.31. The number of carbonyl (C=O) groups is 1. The van der Waals surface area contributed by atoms with Gasteiger partial charge in [0.15, 0.2) is 6.10 Å². The van der Waals surface area contributed by atoms with E-state index in [1.54, 1.807) is 42.5 Å². The zero-order chi connectivity index (χ0) is 16.4. The summed E-state index contributed by atoms with van der Waals surface area (Å²) >= 11 is 5.91. The first-order valence-corrected chi connectivity index (χ1v) is 7.25. The lowest BCUT2D eigenvalue weighted by atomic mass is 10.3. The topological polar surface area (TPSA) is 68.9 Å². The van der Waals surface area contributed by atoms with Gasteiger partial charge in [0.25, 0.3) is 5.95 Å². The average Bonchev–Trinajstić information content (AvgIpc) is 2.90. The van der Waals surface area contributed by atoms with Gasteiger partial charge >= 0.3 is 5.97 Å². The van der Waals surface area contributed by atoms with Crippen LogP contribution >= 0.6 is 11.6 Å². The molecular weight excluding hydrogens is 320 g/mol. The van der Waals surface area contributed by atoms with Crippen molar-refractivity contribution in [3.8, 4) is 17.4 Å². The fourth-order valence-electron chi connectivity index (χ4n) is 1.99. The molecule has 1 N–H and O–H groups in total. The van der Waals surface area contributed by atoms with E-state index in [1.165, 1.54) is 6.92 Å². The molecule has 0 spiro atoms. The van der Waals surface area contributed by atoms with Crippen LogP contribution in [0.1, 0.15) is 6.92 Å². The number of fused-ring (bicyclic) bond motifs is 1. The molecule has 3 aromatic rings. The third-order valence-electron chi connectivity index (χ3n) is 3.16. The number of rotatable bonds is 5. The first-order chi connectivity index (χ1) is 11.0. The lowest BCUT2D eigenvalue weighted by molar-refractivity contribution is -0.144. The van der Waals surface area contributed by atoms with E-state index in [1.807, 2.05) is 6.07 Å². The third kappa shape index (κ3) is 3.57. The lowest BCUT2D eigenvalue weighted by Gasteiger charge is -2.10. The van der Waals surface area contributed by atoms with Gasteiger partial charge in [0.1, 0.15) is 17.1 Å². The maximum atomic E-state index is 10.7. The van der Waals surface area contributed by atoms with Gasteiger partial charge in [-0.1, -0.05) is 11.6 Å². The van der Waals surface area contributed by atoms with Crippen LogP contribution in [0.3, 0.4) is 0 Å². The number of halogens is 1.